The number of halogens is 1. The number of anilines is 1. The number of benzene rings is 2. The molecular weight excluding hydrogens is 754 g/mol. The van der Waals surface area contributed by atoms with Crippen molar-refractivity contribution in [2.75, 3.05) is 37.5 Å². The van der Waals surface area contributed by atoms with Crippen LogP contribution in [0.2, 0.25) is 5.02 Å². The first-order valence-electron chi connectivity index (χ1n) is 19.4. The Morgan fingerprint density at radius 3 is 2.75 bits per heavy atom. The van der Waals surface area contributed by atoms with Crippen LogP contribution in [-0.2, 0) is 38.1 Å². The van der Waals surface area contributed by atoms with Gasteiger partial charge in [-0.2, -0.15) is 4.36 Å². The van der Waals surface area contributed by atoms with E-state index in [-0.39, 0.29) is 57.8 Å². The van der Waals surface area contributed by atoms with E-state index in [4.69, 9.17) is 25.8 Å². The molecule has 2 aromatic carbocycles. The number of esters is 1. The van der Waals surface area contributed by atoms with Gasteiger partial charge < -0.3 is 19.1 Å². The standard InChI is InChI=1S/C42H50ClN5O7S/c1-26(2)41(51)55-36-10-6-8-27(3)22-56(52,25-44-39(50)33-21-47(4)45-40(33)53-5)46-38(49)29-12-16-37-35(19-29)48(20-30-11-14-32(30)36)23-42(24-54-37)17-7-9-28-18-31(43)13-15-34(28)42/h6,10,12-13,15-16,18-19,21,25-27,30,32,36H,7-9,11,14,17,20,22-24H2,1-5H3/b10-6+,44-25?/t27-,30-,32+,36-,42-,56?/m0/s1. The van der Waals surface area contributed by atoms with E-state index >= 15 is 0 Å². The number of methoxy groups -OCH3 is 1. The van der Waals surface area contributed by atoms with Crippen LogP contribution >= 0.6 is 11.6 Å². The molecule has 7 rings (SSSR count). The number of nitrogens with zero attached hydrogens (tertiary/aromatic N) is 5. The summed E-state index contributed by atoms with van der Waals surface area (Å²) >= 11 is 6.47. The van der Waals surface area contributed by atoms with Gasteiger partial charge in [-0.25, -0.2) is 9.20 Å². The third kappa shape index (κ3) is 8.30. The summed E-state index contributed by atoms with van der Waals surface area (Å²) in [7, 11) is -0.477. The number of carbonyl (C=O) groups excluding carboxylic acids is 3. The summed E-state index contributed by atoms with van der Waals surface area (Å²) in [5.41, 5.74) is 4.21. The lowest BCUT2D eigenvalue weighted by Gasteiger charge is -2.46. The number of carbonyl (C=O) groups is 3. The summed E-state index contributed by atoms with van der Waals surface area (Å²) in [5.74, 6) is -1.20. The van der Waals surface area contributed by atoms with Crippen LogP contribution in [0.4, 0.5) is 5.69 Å². The lowest BCUT2D eigenvalue weighted by atomic mass is 9.68. The van der Waals surface area contributed by atoms with Gasteiger partial charge in [0.05, 0.1) is 35.1 Å². The van der Waals surface area contributed by atoms with Crippen molar-refractivity contribution in [3.05, 3.63) is 82.0 Å². The molecule has 1 spiro atoms. The second kappa shape index (κ2) is 16.2. The lowest BCUT2D eigenvalue weighted by molar-refractivity contribution is -0.155. The Labute approximate surface area is 333 Å². The van der Waals surface area contributed by atoms with Crippen molar-refractivity contribution < 1.29 is 32.8 Å². The Balaban J connectivity index is 1.31. The van der Waals surface area contributed by atoms with Gasteiger partial charge in [0.25, 0.3) is 11.8 Å². The van der Waals surface area contributed by atoms with Crippen LogP contribution < -0.4 is 14.4 Å². The molecule has 0 radical (unpaired) electrons. The third-order valence-corrected chi connectivity index (χ3v) is 13.7. The van der Waals surface area contributed by atoms with Crippen molar-refractivity contribution in [1.29, 1.82) is 0 Å². The van der Waals surface area contributed by atoms with Crippen molar-refractivity contribution in [3.8, 4) is 11.6 Å². The minimum atomic E-state index is -3.51. The van der Waals surface area contributed by atoms with E-state index in [1.807, 2.05) is 39.0 Å². The predicted octanol–water partition coefficient (Wildman–Crippen LogP) is 7.22. The van der Waals surface area contributed by atoms with Gasteiger partial charge in [0.2, 0.25) is 5.88 Å². The maximum absolute atomic E-state index is 14.6. The third-order valence-electron chi connectivity index (χ3n) is 11.5. The molecule has 4 aliphatic rings. The van der Waals surface area contributed by atoms with Gasteiger partial charge in [-0.1, -0.05) is 44.5 Å². The molecule has 2 aliphatic heterocycles. The van der Waals surface area contributed by atoms with Crippen molar-refractivity contribution in [2.45, 2.75) is 70.8 Å². The largest absolute Gasteiger partial charge is 0.490 e. The van der Waals surface area contributed by atoms with E-state index in [1.54, 1.807) is 25.2 Å². The van der Waals surface area contributed by atoms with Crippen LogP contribution in [-0.4, -0.2) is 76.0 Å². The summed E-state index contributed by atoms with van der Waals surface area (Å²) in [6.45, 7) is 7.31. The van der Waals surface area contributed by atoms with Crippen molar-refractivity contribution in [3.63, 3.8) is 0 Å². The van der Waals surface area contributed by atoms with E-state index in [0.717, 1.165) is 43.3 Å². The Morgan fingerprint density at radius 1 is 1.18 bits per heavy atom. The number of ether oxygens (including phenoxy) is 3. The highest BCUT2D eigenvalue weighted by Gasteiger charge is 2.45. The summed E-state index contributed by atoms with van der Waals surface area (Å²) in [6.07, 6.45) is 10.1. The first-order valence-corrected chi connectivity index (χ1v) is 21.5. The number of aromatic nitrogens is 2. The van der Waals surface area contributed by atoms with E-state index in [2.05, 4.69) is 31.5 Å². The monoisotopic (exact) mass is 803 g/mol. The summed E-state index contributed by atoms with van der Waals surface area (Å²) < 4.78 is 38.4. The molecule has 2 bridgehead atoms. The lowest BCUT2D eigenvalue weighted by Crippen LogP contribution is -2.50. The number of hydrogen-bond donors (Lipinski definition) is 0. The second-order valence-electron chi connectivity index (χ2n) is 16.1. The molecule has 1 unspecified atom stereocenters. The molecule has 12 nitrogen and oxygen atoms in total. The molecule has 2 aliphatic carbocycles. The van der Waals surface area contributed by atoms with Crippen LogP contribution in [0.15, 0.2) is 64.1 Å². The molecule has 3 heterocycles. The molecule has 298 valence electrons. The fraction of sp³-hybridized carbons (Fsp3) is 0.500. The van der Waals surface area contributed by atoms with Crippen molar-refractivity contribution in [2.24, 2.45) is 40.1 Å². The molecule has 6 atom stereocenters. The highest BCUT2D eigenvalue weighted by atomic mass is 35.5. The normalized spacial score (nSPS) is 28.3. The molecule has 1 saturated carbocycles. The Hall–Kier alpha value is -4.49. The molecule has 0 saturated heterocycles. The number of aryl methyl sites for hydroxylation is 2. The minimum Gasteiger partial charge on any atom is -0.490 e. The fourth-order valence-electron chi connectivity index (χ4n) is 8.51. The summed E-state index contributed by atoms with van der Waals surface area (Å²) in [6, 6.07) is 11.4. The van der Waals surface area contributed by atoms with Gasteiger partial charge in [0, 0.05) is 54.0 Å². The maximum Gasteiger partial charge on any atom is 0.308 e. The Kier molecular flexibility index (Phi) is 11.5. The molecule has 1 aromatic heterocycles. The number of aliphatic imine (C=N–C) groups is 1. The Bertz CT molecular complexity index is 2210. The first-order chi connectivity index (χ1) is 26.8. The highest BCUT2D eigenvalue weighted by molar-refractivity contribution is 8.06. The summed E-state index contributed by atoms with van der Waals surface area (Å²) in [5, 5.41) is 4.82. The number of hydrogen-bond acceptors (Lipinski definition) is 9. The average molecular weight is 804 g/mol. The topological polar surface area (TPSA) is 142 Å². The predicted molar refractivity (Wildman–Crippen MR) is 216 cm³/mol. The zero-order chi connectivity index (χ0) is 39.8. The Morgan fingerprint density at radius 2 is 2.00 bits per heavy atom. The fourth-order valence-corrected chi connectivity index (χ4v) is 10.5. The summed E-state index contributed by atoms with van der Waals surface area (Å²) in [4.78, 5) is 46.7. The maximum atomic E-state index is 14.6. The van der Waals surface area contributed by atoms with Gasteiger partial charge in [-0.15, -0.1) is 5.10 Å². The SMILES string of the molecule is COc1nn(C)cc1C(=O)N=CS1(=O)=NC(=O)c2ccc3c(c2)N(C[C@@H]2CC[C@H]2[C@@H](OC(=O)C(C)C)/C=C/C[C@H](C)C1)C[C@@]1(CCCc2cc(Cl)ccc21)CO3. The molecule has 0 N–H and O–H groups in total. The van der Waals surface area contributed by atoms with Crippen LogP contribution in [0.3, 0.4) is 0 Å². The molecular formula is C42H50ClN5O7S. The van der Waals surface area contributed by atoms with Gasteiger partial charge in [-0.3, -0.25) is 19.1 Å². The smallest absolute Gasteiger partial charge is 0.308 e. The average Bonchev–Trinajstić information content (AvgIpc) is 3.46. The quantitative estimate of drug-likeness (QED) is 0.113. The number of allylic oxidation sites excluding steroid dienone is 1. The second-order valence-corrected chi connectivity index (χ2v) is 18.7. The molecule has 2 amide bonds. The molecule has 1 fully saturated rings. The van der Waals surface area contributed by atoms with Crippen LogP contribution in [0, 0.1) is 23.7 Å². The van der Waals surface area contributed by atoms with Crippen LogP contribution in [0.5, 0.6) is 11.6 Å². The molecule has 14 heteroatoms. The highest BCUT2D eigenvalue weighted by Crippen LogP contribution is 2.47. The molecule has 3 aromatic rings. The van der Waals surface area contributed by atoms with E-state index in [0.29, 0.717) is 36.9 Å². The number of rotatable bonds is 5. The van der Waals surface area contributed by atoms with Gasteiger partial charge >= 0.3 is 5.97 Å². The van der Waals surface area contributed by atoms with E-state index < -0.39 is 27.6 Å². The van der Waals surface area contributed by atoms with E-state index in [9.17, 15) is 18.6 Å². The van der Waals surface area contributed by atoms with Gasteiger partial charge in [0.1, 0.15) is 23.0 Å². The van der Waals surface area contributed by atoms with Crippen molar-refractivity contribution >= 4 is 50.3 Å². The zero-order valence-corrected chi connectivity index (χ0v) is 34.2. The van der Waals surface area contributed by atoms with Crippen LogP contribution in [0.25, 0.3) is 0 Å². The molecule has 56 heavy (non-hydrogen) atoms. The van der Waals surface area contributed by atoms with E-state index in [1.165, 1.54) is 29.1 Å². The van der Waals surface area contributed by atoms with Gasteiger partial charge in [0.15, 0.2) is 0 Å². The minimum absolute atomic E-state index is 0.0430. The first kappa shape index (κ1) is 39.7. The number of fused-ring (bicyclic) bond motifs is 4. The zero-order valence-electron chi connectivity index (χ0n) is 32.6. The van der Waals surface area contributed by atoms with Crippen molar-refractivity contribution in [1.82, 2.24) is 9.78 Å². The van der Waals surface area contributed by atoms with Crippen LogP contribution in [0.1, 0.15) is 84.7 Å². The number of amides is 2. The van der Waals surface area contributed by atoms with Gasteiger partial charge in [-0.05, 0) is 97.9 Å².